The van der Waals surface area contributed by atoms with Gasteiger partial charge in [-0.15, -0.1) is 0 Å². The Balaban J connectivity index is 2.75. The van der Waals surface area contributed by atoms with Gasteiger partial charge in [-0.05, 0) is 50.4 Å². The third-order valence-electron chi connectivity index (χ3n) is 2.57. The molecule has 0 amide bonds. The predicted molar refractivity (Wildman–Crippen MR) is 62.7 cm³/mol. The number of hydrogen-bond acceptors (Lipinski definition) is 1. The standard InChI is InChI=1S/C13H21N/c1-5-6-14-9-13-11(3)7-10(2)8-12(13)4/h7-8,14H,5-6,9H2,1-4H3. The van der Waals surface area contributed by atoms with Crippen molar-refractivity contribution in [2.45, 2.75) is 40.7 Å². The summed E-state index contributed by atoms with van der Waals surface area (Å²) < 4.78 is 0. The van der Waals surface area contributed by atoms with Crippen LogP contribution in [0.15, 0.2) is 12.1 Å². The van der Waals surface area contributed by atoms with Crippen LogP contribution in [-0.4, -0.2) is 6.54 Å². The number of benzene rings is 1. The Kier molecular flexibility index (Phi) is 4.15. The van der Waals surface area contributed by atoms with Gasteiger partial charge in [0, 0.05) is 6.54 Å². The zero-order valence-electron chi connectivity index (χ0n) is 9.78. The Hall–Kier alpha value is -0.820. The molecule has 0 saturated carbocycles. The van der Waals surface area contributed by atoms with Gasteiger partial charge in [0.2, 0.25) is 0 Å². The molecule has 0 saturated heterocycles. The molecule has 1 nitrogen and oxygen atoms in total. The van der Waals surface area contributed by atoms with E-state index in [-0.39, 0.29) is 0 Å². The first-order valence-corrected chi connectivity index (χ1v) is 5.42. The lowest BCUT2D eigenvalue weighted by atomic mass is 10.00. The smallest absolute Gasteiger partial charge is 0.0210 e. The zero-order chi connectivity index (χ0) is 10.6. The Labute approximate surface area is 87.5 Å². The van der Waals surface area contributed by atoms with Crippen LogP contribution in [0.1, 0.15) is 35.6 Å². The summed E-state index contributed by atoms with van der Waals surface area (Å²) in [6.07, 6.45) is 1.20. The van der Waals surface area contributed by atoms with Gasteiger partial charge in [0.05, 0.1) is 0 Å². The van der Waals surface area contributed by atoms with Gasteiger partial charge in [0.25, 0.3) is 0 Å². The minimum Gasteiger partial charge on any atom is -0.313 e. The van der Waals surface area contributed by atoms with E-state index in [0.29, 0.717) is 0 Å². The first kappa shape index (κ1) is 11.3. The molecular formula is C13H21N. The van der Waals surface area contributed by atoms with Crippen LogP contribution in [0.2, 0.25) is 0 Å². The molecule has 1 aromatic carbocycles. The van der Waals surface area contributed by atoms with E-state index in [1.807, 2.05) is 0 Å². The van der Waals surface area contributed by atoms with Gasteiger partial charge < -0.3 is 5.32 Å². The van der Waals surface area contributed by atoms with E-state index in [0.717, 1.165) is 13.1 Å². The van der Waals surface area contributed by atoms with E-state index in [1.165, 1.54) is 28.7 Å². The van der Waals surface area contributed by atoms with Gasteiger partial charge in [-0.25, -0.2) is 0 Å². The number of aryl methyl sites for hydroxylation is 3. The molecule has 0 atom stereocenters. The fourth-order valence-electron chi connectivity index (χ4n) is 1.88. The van der Waals surface area contributed by atoms with Crippen molar-refractivity contribution in [2.24, 2.45) is 0 Å². The average Bonchev–Trinajstić information content (AvgIpc) is 2.09. The summed E-state index contributed by atoms with van der Waals surface area (Å²) in [6, 6.07) is 4.52. The highest BCUT2D eigenvalue weighted by atomic mass is 14.8. The van der Waals surface area contributed by atoms with Crippen LogP contribution in [-0.2, 0) is 6.54 Å². The summed E-state index contributed by atoms with van der Waals surface area (Å²) in [5, 5.41) is 3.45. The highest BCUT2D eigenvalue weighted by Gasteiger charge is 2.02. The molecule has 78 valence electrons. The first-order chi connectivity index (χ1) is 6.65. The summed E-state index contributed by atoms with van der Waals surface area (Å²) in [4.78, 5) is 0. The van der Waals surface area contributed by atoms with E-state index < -0.39 is 0 Å². The normalized spacial score (nSPS) is 10.6. The Morgan fingerprint density at radius 3 is 2.14 bits per heavy atom. The molecule has 0 heterocycles. The molecule has 0 radical (unpaired) electrons. The molecule has 0 aliphatic rings. The van der Waals surface area contributed by atoms with E-state index in [1.54, 1.807) is 0 Å². The maximum atomic E-state index is 3.45. The van der Waals surface area contributed by atoms with Gasteiger partial charge in [-0.1, -0.05) is 24.6 Å². The highest BCUT2D eigenvalue weighted by molar-refractivity contribution is 5.37. The van der Waals surface area contributed by atoms with Crippen molar-refractivity contribution >= 4 is 0 Å². The fourth-order valence-corrected chi connectivity index (χ4v) is 1.88. The van der Waals surface area contributed by atoms with Gasteiger partial charge >= 0.3 is 0 Å². The molecule has 0 aliphatic carbocycles. The number of nitrogens with one attached hydrogen (secondary N) is 1. The van der Waals surface area contributed by atoms with Crippen molar-refractivity contribution in [2.75, 3.05) is 6.54 Å². The second-order valence-electron chi connectivity index (χ2n) is 4.05. The van der Waals surface area contributed by atoms with Crippen LogP contribution in [0.4, 0.5) is 0 Å². The minimum absolute atomic E-state index is 1.01. The summed E-state index contributed by atoms with van der Waals surface area (Å²) in [5.41, 5.74) is 5.64. The SMILES string of the molecule is CCCNCc1c(C)cc(C)cc1C. The molecule has 0 bridgehead atoms. The second-order valence-corrected chi connectivity index (χ2v) is 4.05. The van der Waals surface area contributed by atoms with Crippen molar-refractivity contribution in [1.82, 2.24) is 5.32 Å². The van der Waals surface area contributed by atoms with Crippen LogP contribution in [0.5, 0.6) is 0 Å². The largest absolute Gasteiger partial charge is 0.313 e. The van der Waals surface area contributed by atoms with E-state index in [4.69, 9.17) is 0 Å². The topological polar surface area (TPSA) is 12.0 Å². The monoisotopic (exact) mass is 191 g/mol. The summed E-state index contributed by atoms with van der Waals surface area (Å²) >= 11 is 0. The van der Waals surface area contributed by atoms with Crippen LogP contribution < -0.4 is 5.32 Å². The van der Waals surface area contributed by atoms with Gasteiger partial charge in [-0.3, -0.25) is 0 Å². The maximum Gasteiger partial charge on any atom is 0.0210 e. The van der Waals surface area contributed by atoms with Crippen molar-refractivity contribution in [1.29, 1.82) is 0 Å². The van der Waals surface area contributed by atoms with Crippen molar-refractivity contribution < 1.29 is 0 Å². The molecule has 0 spiro atoms. The molecule has 1 heteroatoms. The van der Waals surface area contributed by atoms with Crippen LogP contribution in [0.3, 0.4) is 0 Å². The minimum atomic E-state index is 1.01. The second kappa shape index (κ2) is 5.16. The lowest BCUT2D eigenvalue weighted by Crippen LogP contribution is -2.15. The number of rotatable bonds is 4. The van der Waals surface area contributed by atoms with E-state index in [9.17, 15) is 0 Å². The summed E-state index contributed by atoms with van der Waals surface area (Å²) in [6.45, 7) is 10.9. The van der Waals surface area contributed by atoms with Gasteiger partial charge in [-0.2, -0.15) is 0 Å². The zero-order valence-corrected chi connectivity index (χ0v) is 9.78. The molecule has 1 rings (SSSR count). The van der Waals surface area contributed by atoms with Crippen LogP contribution in [0.25, 0.3) is 0 Å². The summed E-state index contributed by atoms with van der Waals surface area (Å²) in [7, 11) is 0. The molecule has 0 aliphatic heterocycles. The lowest BCUT2D eigenvalue weighted by molar-refractivity contribution is 0.671. The molecular weight excluding hydrogens is 170 g/mol. The third kappa shape index (κ3) is 2.85. The molecule has 0 fully saturated rings. The van der Waals surface area contributed by atoms with Crippen molar-refractivity contribution in [3.8, 4) is 0 Å². The summed E-state index contributed by atoms with van der Waals surface area (Å²) in [5.74, 6) is 0. The molecule has 14 heavy (non-hydrogen) atoms. The fraction of sp³-hybridized carbons (Fsp3) is 0.538. The molecule has 1 aromatic rings. The Morgan fingerprint density at radius 1 is 1.07 bits per heavy atom. The lowest BCUT2D eigenvalue weighted by Gasteiger charge is -2.11. The maximum absolute atomic E-state index is 3.45. The van der Waals surface area contributed by atoms with Gasteiger partial charge in [0.15, 0.2) is 0 Å². The average molecular weight is 191 g/mol. The number of hydrogen-bond donors (Lipinski definition) is 1. The molecule has 0 unspecified atom stereocenters. The molecule has 1 N–H and O–H groups in total. The van der Waals surface area contributed by atoms with Crippen LogP contribution in [0, 0.1) is 20.8 Å². The first-order valence-electron chi connectivity index (χ1n) is 5.42. The predicted octanol–water partition coefficient (Wildman–Crippen LogP) is 3.11. The third-order valence-corrected chi connectivity index (χ3v) is 2.57. The van der Waals surface area contributed by atoms with E-state index in [2.05, 4.69) is 45.1 Å². The Bertz CT molecular complexity index is 279. The van der Waals surface area contributed by atoms with E-state index >= 15 is 0 Å². The molecule has 0 aromatic heterocycles. The quantitative estimate of drug-likeness (QED) is 0.721. The van der Waals surface area contributed by atoms with Crippen molar-refractivity contribution in [3.05, 3.63) is 34.4 Å². The van der Waals surface area contributed by atoms with Gasteiger partial charge in [0.1, 0.15) is 0 Å². The Morgan fingerprint density at radius 2 is 1.64 bits per heavy atom. The highest BCUT2D eigenvalue weighted by Crippen LogP contribution is 2.15. The van der Waals surface area contributed by atoms with Crippen molar-refractivity contribution in [3.63, 3.8) is 0 Å². The van der Waals surface area contributed by atoms with Crippen LogP contribution >= 0.6 is 0 Å².